The van der Waals surface area contributed by atoms with Crippen molar-refractivity contribution in [2.75, 3.05) is 0 Å². The Balaban J connectivity index is 2.33. The molecule has 0 spiro atoms. The van der Waals surface area contributed by atoms with Gasteiger partial charge in [-0.2, -0.15) is 0 Å². The van der Waals surface area contributed by atoms with Gasteiger partial charge in [-0.1, -0.05) is 20.8 Å². The lowest BCUT2D eigenvalue weighted by Crippen LogP contribution is -2.35. The first-order valence-electron chi connectivity index (χ1n) is 6.07. The molecule has 0 radical (unpaired) electrons. The summed E-state index contributed by atoms with van der Waals surface area (Å²) < 4.78 is 0. The molecule has 98 valence electrons. The minimum Gasteiger partial charge on any atom is -0.351 e. The molecule has 5 nitrogen and oxygen atoms in total. The average Bonchev–Trinajstić information content (AvgIpc) is 2.52. The van der Waals surface area contributed by atoms with Crippen LogP contribution in [0.5, 0.6) is 0 Å². The number of nitrogens with one attached hydrogen (secondary N) is 1. The number of allylic oxidation sites excluding steroid dienone is 1. The van der Waals surface area contributed by atoms with E-state index in [1.54, 1.807) is 0 Å². The SMILES string of the molecule is CC1(C)[C@H]2CC[C@@]1(C)C(=O)/C2=C/C(=O)NC(N)=O. The number of hydrogen-bond donors (Lipinski definition) is 2. The zero-order valence-corrected chi connectivity index (χ0v) is 10.9. The number of amides is 3. The molecule has 0 aromatic heterocycles. The van der Waals surface area contributed by atoms with E-state index in [1.165, 1.54) is 6.08 Å². The summed E-state index contributed by atoms with van der Waals surface area (Å²) in [7, 11) is 0. The van der Waals surface area contributed by atoms with Crippen molar-refractivity contribution in [3.8, 4) is 0 Å². The van der Waals surface area contributed by atoms with Gasteiger partial charge in [-0.3, -0.25) is 14.9 Å². The van der Waals surface area contributed by atoms with E-state index >= 15 is 0 Å². The van der Waals surface area contributed by atoms with Gasteiger partial charge in [-0.25, -0.2) is 4.79 Å². The van der Waals surface area contributed by atoms with Crippen LogP contribution in [0.25, 0.3) is 0 Å². The number of carbonyl (C=O) groups is 3. The van der Waals surface area contributed by atoms with Gasteiger partial charge < -0.3 is 5.73 Å². The van der Waals surface area contributed by atoms with Crippen molar-refractivity contribution >= 4 is 17.7 Å². The summed E-state index contributed by atoms with van der Waals surface area (Å²) >= 11 is 0. The Morgan fingerprint density at radius 2 is 2.00 bits per heavy atom. The van der Waals surface area contributed by atoms with Crippen LogP contribution in [0.1, 0.15) is 33.6 Å². The second kappa shape index (κ2) is 3.67. The molecule has 2 fully saturated rings. The highest BCUT2D eigenvalue weighted by molar-refractivity contribution is 6.10. The van der Waals surface area contributed by atoms with Gasteiger partial charge in [0.25, 0.3) is 5.91 Å². The highest BCUT2D eigenvalue weighted by Gasteiger charge is 2.63. The number of Topliss-reactive ketones (excluding diaryl/α,β-unsaturated/α-hetero) is 1. The van der Waals surface area contributed by atoms with E-state index in [0.29, 0.717) is 5.57 Å². The van der Waals surface area contributed by atoms with Crippen LogP contribution in [0.4, 0.5) is 4.79 Å². The third kappa shape index (κ3) is 1.50. The number of rotatable bonds is 1. The Labute approximate surface area is 106 Å². The third-order valence-corrected chi connectivity index (χ3v) is 4.90. The van der Waals surface area contributed by atoms with Gasteiger partial charge in [0.2, 0.25) is 0 Å². The lowest BCUT2D eigenvalue weighted by molar-refractivity contribution is -0.125. The smallest absolute Gasteiger partial charge is 0.319 e. The van der Waals surface area contributed by atoms with Crippen LogP contribution >= 0.6 is 0 Å². The molecule has 5 heteroatoms. The van der Waals surface area contributed by atoms with E-state index in [1.807, 2.05) is 12.2 Å². The number of fused-ring (bicyclic) bond motifs is 2. The van der Waals surface area contributed by atoms with E-state index < -0.39 is 17.4 Å². The predicted octanol–water partition coefficient (Wildman–Crippen LogP) is 1.13. The first-order chi connectivity index (χ1) is 8.20. The van der Waals surface area contributed by atoms with E-state index in [0.717, 1.165) is 12.8 Å². The third-order valence-electron chi connectivity index (χ3n) is 4.90. The van der Waals surface area contributed by atoms with Gasteiger partial charge in [-0.05, 0) is 24.2 Å². The molecule has 2 aliphatic rings. The fraction of sp³-hybridized carbons (Fsp3) is 0.615. The van der Waals surface area contributed by atoms with Crippen LogP contribution in [0.15, 0.2) is 11.6 Å². The zero-order chi connectivity index (χ0) is 13.7. The molecule has 3 amide bonds. The lowest BCUT2D eigenvalue weighted by atomic mass is 9.70. The lowest BCUT2D eigenvalue weighted by Gasteiger charge is -2.31. The molecule has 0 saturated heterocycles. The maximum Gasteiger partial charge on any atom is 0.319 e. The van der Waals surface area contributed by atoms with Gasteiger partial charge in [0.05, 0.1) is 0 Å². The molecule has 2 saturated carbocycles. The molecule has 0 unspecified atom stereocenters. The monoisotopic (exact) mass is 250 g/mol. The highest BCUT2D eigenvalue weighted by atomic mass is 16.2. The normalized spacial score (nSPS) is 34.9. The molecular weight excluding hydrogens is 232 g/mol. The maximum atomic E-state index is 12.4. The standard InChI is InChI=1S/C13H18N2O3/c1-12(2)8-4-5-13(12,3)10(17)7(8)6-9(16)15-11(14)18/h6,8H,4-5H2,1-3H3,(H3,14,15,16,18)/b7-6+/t8-,13-/m0/s1. The number of nitrogens with two attached hydrogens (primary N) is 1. The van der Waals surface area contributed by atoms with E-state index in [4.69, 9.17) is 5.73 Å². The highest BCUT2D eigenvalue weighted by Crippen LogP contribution is 2.65. The van der Waals surface area contributed by atoms with Gasteiger partial charge in [0.1, 0.15) is 0 Å². The molecule has 0 aliphatic heterocycles. The maximum absolute atomic E-state index is 12.4. The van der Waals surface area contributed by atoms with Crippen LogP contribution in [0.3, 0.4) is 0 Å². The quantitative estimate of drug-likeness (QED) is 0.684. The molecule has 2 aliphatic carbocycles. The molecular formula is C13H18N2O3. The second-order valence-corrected chi connectivity index (χ2v) is 5.93. The van der Waals surface area contributed by atoms with Crippen molar-refractivity contribution in [1.29, 1.82) is 0 Å². The zero-order valence-electron chi connectivity index (χ0n) is 10.9. The van der Waals surface area contributed by atoms with Crippen LogP contribution in [0, 0.1) is 16.7 Å². The molecule has 3 N–H and O–H groups in total. The Morgan fingerprint density at radius 3 is 2.44 bits per heavy atom. The molecule has 0 aromatic rings. The van der Waals surface area contributed by atoms with Crippen molar-refractivity contribution in [1.82, 2.24) is 5.32 Å². The summed E-state index contributed by atoms with van der Waals surface area (Å²) in [5.41, 5.74) is 4.88. The van der Waals surface area contributed by atoms with Crippen molar-refractivity contribution < 1.29 is 14.4 Å². The number of hydrogen-bond acceptors (Lipinski definition) is 3. The fourth-order valence-electron chi connectivity index (χ4n) is 3.39. The van der Waals surface area contributed by atoms with Gasteiger partial charge in [0.15, 0.2) is 5.78 Å². The summed E-state index contributed by atoms with van der Waals surface area (Å²) in [5.74, 6) is -0.491. The number of urea groups is 1. The predicted molar refractivity (Wildman–Crippen MR) is 65.4 cm³/mol. The number of primary amides is 1. The van der Waals surface area contributed by atoms with Crippen molar-refractivity contribution in [2.24, 2.45) is 22.5 Å². The van der Waals surface area contributed by atoms with Crippen LogP contribution in [-0.4, -0.2) is 17.7 Å². The fourth-order valence-corrected chi connectivity index (χ4v) is 3.39. The Morgan fingerprint density at radius 1 is 1.39 bits per heavy atom. The number of carbonyl (C=O) groups excluding carboxylic acids is 3. The van der Waals surface area contributed by atoms with Crippen molar-refractivity contribution in [3.05, 3.63) is 11.6 Å². The minimum atomic E-state index is -0.905. The molecule has 2 atom stereocenters. The largest absolute Gasteiger partial charge is 0.351 e. The van der Waals surface area contributed by atoms with Gasteiger partial charge in [-0.15, -0.1) is 0 Å². The van der Waals surface area contributed by atoms with Crippen molar-refractivity contribution in [3.63, 3.8) is 0 Å². The minimum absolute atomic E-state index is 0.0309. The first kappa shape index (κ1) is 12.8. The first-order valence-corrected chi connectivity index (χ1v) is 6.07. The topological polar surface area (TPSA) is 89.3 Å². The van der Waals surface area contributed by atoms with E-state index in [-0.39, 0.29) is 17.1 Å². The summed E-state index contributed by atoms with van der Waals surface area (Å²) in [6.45, 7) is 6.09. The van der Waals surface area contributed by atoms with E-state index in [2.05, 4.69) is 13.8 Å². The second-order valence-electron chi connectivity index (χ2n) is 5.93. The number of ketones is 1. The molecule has 18 heavy (non-hydrogen) atoms. The summed E-state index contributed by atoms with van der Waals surface area (Å²) in [4.78, 5) is 34.5. The molecule has 2 rings (SSSR count). The average molecular weight is 250 g/mol. The molecule has 0 heterocycles. The summed E-state index contributed by atoms with van der Waals surface area (Å²) in [6.07, 6.45) is 3.01. The van der Waals surface area contributed by atoms with Gasteiger partial charge >= 0.3 is 6.03 Å². The van der Waals surface area contributed by atoms with Crippen LogP contribution in [0.2, 0.25) is 0 Å². The Hall–Kier alpha value is -1.65. The van der Waals surface area contributed by atoms with Crippen LogP contribution in [-0.2, 0) is 9.59 Å². The molecule has 0 aromatic carbocycles. The summed E-state index contributed by atoms with van der Waals surface area (Å²) in [5, 5.41) is 1.96. The Kier molecular flexibility index (Phi) is 2.61. The van der Waals surface area contributed by atoms with E-state index in [9.17, 15) is 14.4 Å². The molecule has 2 bridgehead atoms. The van der Waals surface area contributed by atoms with Crippen molar-refractivity contribution in [2.45, 2.75) is 33.6 Å². The Bertz CT molecular complexity index is 479. The summed E-state index contributed by atoms with van der Waals surface area (Å²) in [6, 6.07) is -0.905. The van der Waals surface area contributed by atoms with Gasteiger partial charge in [0, 0.05) is 17.1 Å². The number of imide groups is 1. The van der Waals surface area contributed by atoms with Crippen LogP contribution < -0.4 is 11.1 Å².